The molecule has 4 rings (SSSR count). The van der Waals surface area contributed by atoms with E-state index in [2.05, 4.69) is 24.9 Å². The molecule has 0 atom stereocenters. The summed E-state index contributed by atoms with van der Waals surface area (Å²) in [5.74, 6) is -0.957. The Morgan fingerprint density at radius 1 is 0.958 bits per heavy atom. The number of aromatic amines is 1. The lowest BCUT2D eigenvalue weighted by Crippen LogP contribution is -2.16. The third-order valence-corrected chi connectivity index (χ3v) is 3.40. The van der Waals surface area contributed by atoms with Crippen molar-refractivity contribution in [1.29, 1.82) is 0 Å². The third-order valence-electron chi connectivity index (χ3n) is 3.40. The number of imidazole rings is 1. The SMILES string of the molecule is Fc1cccc(F)c1N(c1ccccn1)c1nc2ncncc2[nH]1. The lowest BCUT2D eigenvalue weighted by atomic mass is 10.2. The molecule has 0 bridgehead atoms. The van der Waals surface area contributed by atoms with Crippen molar-refractivity contribution in [3.05, 3.63) is 66.8 Å². The molecule has 0 radical (unpaired) electrons. The number of H-pyrrole nitrogens is 1. The van der Waals surface area contributed by atoms with Gasteiger partial charge in [-0.3, -0.25) is 4.90 Å². The van der Waals surface area contributed by atoms with Gasteiger partial charge in [-0.15, -0.1) is 0 Å². The summed E-state index contributed by atoms with van der Waals surface area (Å²) < 4.78 is 28.7. The number of hydrogen-bond donors (Lipinski definition) is 1. The van der Waals surface area contributed by atoms with Crippen LogP contribution in [0.4, 0.5) is 26.2 Å². The fourth-order valence-electron chi connectivity index (χ4n) is 2.37. The number of halogens is 2. The number of anilines is 3. The van der Waals surface area contributed by atoms with E-state index in [9.17, 15) is 8.78 Å². The molecule has 0 aliphatic rings. The number of fused-ring (bicyclic) bond motifs is 1. The van der Waals surface area contributed by atoms with E-state index in [1.54, 1.807) is 18.2 Å². The summed E-state index contributed by atoms with van der Waals surface area (Å²) >= 11 is 0. The number of nitrogens with zero attached hydrogens (tertiary/aromatic N) is 5. The number of pyridine rings is 1. The highest BCUT2D eigenvalue weighted by atomic mass is 19.1. The molecule has 3 aromatic heterocycles. The van der Waals surface area contributed by atoms with E-state index in [4.69, 9.17) is 0 Å². The van der Waals surface area contributed by atoms with Crippen molar-refractivity contribution in [2.45, 2.75) is 0 Å². The van der Waals surface area contributed by atoms with Crippen LogP contribution in [0.15, 0.2) is 55.1 Å². The minimum atomic E-state index is -0.729. The minimum Gasteiger partial charge on any atom is -0.321 e. The Morgan fingerprint density at radius 3 is 2.50 bits per heavy atom. The predicted octanol–water partition coefficient (Wildman–Crippen LogP) is 3.50. The van der Waals surface area contributed by atoms with E-state index in [0.717, 1.165) is 0 Å². The standard InChI is InChI=1S/C16H10F2N6/c17-10-4-3-5-11(18)14(10)24(13-6-1-2-7-20-13)16-22-12-8-19-9-21-15(12)23-16/h1-9H,(H,19,21,22,23). The first kappa shape index (κ1) is 14.2. The van der Waals surface area contributed by atoms with Gasteiger partial charge in [-0.25, -0.2) is 23.7 Å². The van der Waals surface area contributed by atoms with E-state index >= 15 is 0 Å². The average molecular weight is 324 g/mol. The molecule has 0 aliphatic heterocycles. The maximum atomic E-state index is 14.3. The molecule has 4 aromatic rings. The number of benzene rings is 1. The molecule has 1 aromatic carbocycles. The van der Waals surface area contributed by atoms with Gasteiger partial charge in [0.25, 0.3) is 0 Å². The van der Waals surface area contributed by atoms with Gasteiger partial charge in [0.1, 0.15) is 35.0 Å². The van der Waals surface area contributed by atoms with Gasteiger partial charge >= 0.3 is 0 Å². The van der Waals surface area contributed by atoms with Gasteiger partial charge in [-0.1, -0.05) is 12.1 Å². The maximum Gasteiger partial charge on any atom is 0.216 e. The van der Waals surface area contributed by atoms with Crippen LogP contribution in [-0.4, -0.2) is 24.9 Å². The quantitative estimate of drug-likeness (QED) is 0.624. The lowest BCUT2D eigenvalue weighted by Gasteiger charge is -2.21. The highest BCUT2D eigenvalue weighted by Gasteiger charge is 2.24. The van der Waals surface area contributed by atoms with Gasteiger partial charge in [0, 0.05) is 6.20 Å². The Balaban J connectivity index is 1.97. The molecule has 1 N–H and O–H groups in total. The van der Waals surface area contributed by atoms with Crippen LogP contribution >= 0.6 is 0 Å². The number of para-hydroxylation sites is 1. The zero-order valence-corrected chi connectivity index (χ0v) is 12.2. The molecule has 6 nitrogen and oxygen atoms in total. The maximum absolute atomic E-state index is 14.3. The number of rotatable bonds is 3. The van der Waals surface area contributed by atoms with Crippen LogP contribution in [-0.2, 0) is 0 Å². The normalized spacial score (nSPS) is 10.9. The van der Waals surface area contributed by atoms with Crippen molar-refractivity contribution >= 4 is 28.6 Å². The molecular formula is C16H10F2N6. The van der Waals surface area contributed by atoms with Crippen molar-refractivity contribution in [2.75, 3.05) is 4.90 Å². The van der Waals surface area contributed by atoms with Gasteiger partial charge in [-0.2, -0.15) is 4.98 Å². The predicted molar refractivity (Wildman–Crippen MR) is 84.1 cm³/mol. The monoisotopic (exact) mass is 324 g/mol. The summed E-state index contributed by atoms with van der Waals surface area (Å²) in [5.41, 5.74) is 0.658. The number of hydrogen-bond acceptors (Lipinski definition) is 5. The molecule has 0 saturated carbocycles. The highest BCUT2D eigenvalue weighted by molar-refractivity contribution is 5.78. The van der Waals surface area contributed by atoms with Crippen LogP contribution in [0.25, 0.3) is 11.2 Å². The first-order chi connectivity index (χ1) is 11.7. The second-order valence-corrected chi connectivity index (χ2v) is 4.91. The summed E-state index contributed by atoms with van der Waals surface area (Å²) in [7, 11) is 0. The third kappa shape index (κ3) is 2.34. The highest BCUT2D eigenvalue weighted by Crippen LogP contribution is 2.35. The molecule has 118 valence electrons. The average Bonchev–Trinajstić information content (AvgIpc) is 3.02. The Bertz CT molecular complexity index is 949. The molecule has 0 fully saturated rings. The van der Waals surface area contributed by atoms with E-state index in [-0.39, 0.29) is 11.6 Å². The minimum absolute atomic E-state index is 0.188. The smallest absolute Gasteiger partial charge is 0.216 e. The molecule has 3 heterocycles. The van der Waals surface area contributed by atoms with E-state index in [1.807, 2.05) is 0 Å². The van der Waals surface area contributed by atoms with Crippen LogP contribution in [0.1, 0.15) is 0 Å². The first-order valence-corrected chi connectivity index (χ1v) is 7.05. The topological polar surface area (TPSA) is 70.6 Å². The molecule has 0 amide bonds. The van der Waals surface area contributed by atoms with E-state index in [1.165, 1.54) is 41.8 Å². The molecule has 8 heteroatoms. The first-order valence-electron chi connectivity index (χ1n) is 7.05. The largest absolute Gasteiger partial charge is 0.321 e. The Morgan fingerprint density at radius 2 is 1.79 bits per heavy atom. The summed E-state index contributed by atoms with van der Waals surface area (Å²) in [5, 5.41) is 0. The summed E-state index contributed by atoms with van der Waals surface area (Å²) in [6.45, 7) is 0. The van der Waals surface area contributed by atoms with E-state index in [0.29, 0.717) is 17.0 Å². The van der Waals surface area contributed by atoms with Gasteiger partial charge in [-0.05, 0) is 24.3 Å². The second kappa shape index (κ2) is 5.65. The van der Waals surface area contributed by atoms with Crippen molar-refractivity contribution in [1.82, 2.24) is 24.9 Å². The Hall–Kier alpha value is -3.42. The molecule has 0 unspecified atom stereocenters. The van der Waals surface area contributed by atoms with Crippen LogP contribution in [0.5, 0.6) is 0 Å². The zero-order valence-electron chi connectivity index (χ0n) is 12.2. The van der Waals surface area contributed by atoms with Crippen LogP contribution < -0.4 is 4.90 Å². The van der Waals surface area contributed by atoms with Gasteiger partial charge in [0.15, 0.2) is 5.65 Å². The Kier molecular flexibility index (Phi) is 3.34. The summed E-state index contributed by atoms with van der Waals surface area (Å²) in [6.07, 6.45) is 4.42. The second-order valence-electron chi connectivity index (χ2n) is 4.91. The molecule has 0 saturated heterocycles. The molecule has 0 spiro atoms. The lowest BCUT2D eigenvalue weighted by molar-refractivity contribution is 0.584. The summed E-state index contributed by atoms with van der Waals surface area (Å²) in [4.78, 5) is 20.6. The fraction of sp³-hybridized carbons (Fsp3) is 0. The van der Waals surface area contributed by atoms with Crippen LogP contribution in [0.2, 0.25) is 0 Å². The number of aromatic nitrogens is 5. The van der Waals surface area contributed by atoms with Crippen molar-refractivity contribution in [3.8, 4) is 0 Å². The van der Waals surface area contributed by atoms with Crippen molar-refractivity contribution in [2.24, 2.45) is 0 Å². The fourth-order valence-corrected chi connectivity index (χ4v) is 2.37. The van der Waals surface area contributed by atoms with Crippen LogP contribution in [0.3, 0.4) is 0 Å². The van der Waals surface area contributed by atoms with Crippen molar-refractivity contribution in [3.63, 3.8) is 0 Å². The van der Waals surface area contributed by atoms with Gasteiger partial charge < -0.3 is 4.98 Å². The van der Waals surface area contributed by atoms with Gasteiger partial charge in [0.2, 0.25) is 5.95 Å². The molecule has 24 heavy (non-hydrogen) atoms. The molecular weight excluding hydrogens is 314 g/mol. The summed E-state index contributed by atoms with van der Waals surface area (Å²) in [6, 6.07) is 8.72. The van der Waals surface area contributed by atoms with E-state index < -0.39 is 11.6 Å². The Labute approximate surface area is 134 Å². The van der Waals surface area contributed by atoms with Crippen molar-refractivity contribution < 1.29 is 8.78 Å². The molecule has 0 aliphatic carbocycles. The van der Waals surface area contributed by atoms with Crippen LogP contribution in [0, 0.1) is 11.6 Å². The zero-order chi connectivity index (χ0) is 16.5. The van der Waals surface area contributed by atoms with Gasteiger partial charge in [0.05, 0.1) is 6.20 Å². The number of nitrogens with one attached hydrogen (secondary N) is 1.